The van der Waals surface area contributed by atoms with Crippen LogP contribution in [0, 0.1) is 0 Å². The van der Waals surface area contributed by atoms with Crippen molar-refractivity contribution in [3.8, 4) is 0 Å². The standard InChI is InChI=1S/C15H27NO6P2S/c16-15(24(20,21)22)14(23(17,18)19)11-7-2-1-3-8-12-25-13-9-5-4-6-10-13/h4-6,9-10,14-15H,1-3,7-8,11-12,16H2,(H2,17,18,19)(H2,20,21,22). The SMILES string of the molecule is NC(C(CCCCCCCSc1ccccc1)P(=O)(O)O)P(=O)(O)O. The highest BCUT2D eigenvalue weighted by Crippen LogP contribution is 2.53. The van der Waals surface area contributed by atoms with Crippen molar-refractivity contribution in [2.75, 3.05) is 5.75 Å². The molecule has 2 atom stereocenters. The topological polar surface area (TPSA) is 141 Å². The van der Waals surface area contributed by atoms with E-state index in [4.69, 9.17) is 15.5 Å². The van der Waals surface area contributed by atoms with Crippen LogP contribution in [0.2, 0.25) is 0 Å². The second-order valence-corrected chi connectivity index (χ2v) is 10.7. The number of unbranched alkanes of at least 4 members (excludes halogenated alkanes) is 4. The molecule has 1 aromatic carbocycles. The molecule has 6 N–H and O–H groups in total. The van der Waals surface area contributed by atoms with Crippen LogP contribution in [-0.4, -0.2) is 36.8 Å². The van der Waals surface area contributed by atoms with E-state index in [2.05, 4.69) is 12.1 Å². The second-order valence-electron chi connectivity index (χ2n) is 5.95. The van der Waals surface area contributed by atoms with Crippen LogP contribution < -0.4 is 5.73 Å². The molecule has 0 heterocycles. The van der Waals surface area contributed by atoms with Crippen LogP contribution in [-0.2, 0) is 9.13 Å². The Balaban J connectivity index is 2.22. The molecule has 0 radical (unpaired) electrons. The van der Waals surface area contributed by atoms with Gasteiger partial charge in [0.05, 0.1) is 5.66 Å². The zero-order valence-electron chi connectivity index (χ0n) is 14.0. The minimum atomic E-state index is -4.73. The molecule has 25 heavy (non-hydrogen) atoms. The summed E-state index contributed by atoms with van der Waals surface area (Å²) in [5.74, 6) is -0.811. The van der Waals surface area contributed by atoms with Gasteiger partial charge in [0.25, 0.3) is 0 Å². The van der Waals surface area contributed by atoms with Gasteiger partial charge in [-0.2, -0.15) is 0 Å². The molecule has 0 aliphatic heterocycles. The fraction of sp³-hybridized carbons (Fsp3) is 0.600. The largest absolute Gasteiger partial charge is 0.343 e. The molecule has 0 spiro atoms. The Morgan fingerprint density at radius 1 is 0.880 bits per heavy atom. The third kappa shape index (κ3) is 9.36. The number of hydrogen-bond acceptors (Lipinski definition) is 4. The summed E-state index contributed by atoms with van der Waals surface area (Å²) in [6.07, 6.45) is 4.20. The third-order valence-electron chi connectivity index (χ3n) is 3.87. The molecule has 0 aromatic heterocycles. The number of benzene rings is 1. The van der Waals surface area contributed by atoms with Crippen molar-refractivity contribution in [1.82, 2.24) is 0 Å². The Kier molecular flexibility index (Phi) is 9.93. The van der Waals surface area contributed by atoms with Gasteiger partial charge in [0.15, 0.2) is 0 Å². The summed E-state index contributed by atoms with van der Waals surface area (Å²) in [7, 11) is -9.38. The van der Waals surface area contributed by atoms with Crippen LogP contribution in [0.4, 0.5) is 0 Å². The van der Waals surface area contributed by atoms with Crippen molar-refractivity contribution >= 4 is 27.0 Å². The predicted octanol–water partition coefficient (Wildman–Crippen LogP) is 3.13. The van der Waals surface area contributed by atoms with E-state index in [0.717, 1.165) is 31.4 Å². The van der Waals surface area contributed by atoms with Gasteiger partial charge in [-0.05, 0) is 30.7 Å². The van der Waals surface area contributed by atoms with Crippen molar-refractivity contribution < 1.29 is 28.7 Å². The van der Waals surface area contributed by atoms with Crippen molar-refractivity contribution in [3.63, 3.8) is 0 Å². The lowest BCUT2D eigenvalue weighted by molar-refractivity contribution is 0.324. The maximum absolute atomic E-state index is 11.4. The summed E-state index contributed by atoms with van der Waals surface area (Å²) in [6, 6.07) is 10.1. The van der Waals surface area contributed by atoms with E-state index in [1.807, 2.05) is 18.2 Å². The molecule has 0 saturated heterocycles. The Morgan fingerprint density at radius 2 is 1.44 bits per heavy atom. The quantitative estimate of drug-likeness (QED) is 0.201. The highest BCUT2D eigenvalue weighted by Gasteiger charge is 2.42. The maximum Gasteiger partial charge on any atom is 0.343 e. The molecular formula is C15H27NO6P2S. The third-order valence-corrected chi connectivity index (χ3v) is 7.78. The van der Waals surface area contributed by atoms with E-state index >= 15 is 0 Å². The average molecular weight is 411 g/mol. The molecule has 1 aromatic rings. The Morgan fingerprint density at radius 3 is 2.00 bits per heavy atom. The molecule has 1 rings (SSSR count). The van der Waals surface area contributed by atoms with Crippen molar-refractivity contribution in [2.24, 2.45) is 5.73 Å². The number of hydrogen-bond donors (Lipinski definition) is 5. The molecule has 0 bridgehead atoms. The summed E-state index contributed by atoms with van der Waals surface area (Å²) < 4.78 is 22.6. The van der Waals surface area contributed by atoms with E-state index in [1.165, 1.54) is 4.90 Å². The first-order valence-corrected chi connectivity index (χ1v) is 12.5. The molecule has 2 unspecified atom stereocenters. The van der Waals surface area contributed by atoms with Crippen LogP contribution in [0.3, 0.4) is 0 Å². The molecule has 0 aliphatic carbocycles. The highest BCUT2D eigenvalue weighted by molar-refractivity contribution is 7.99. The van der Waals surface area contributed by atoms with Crippen LogP contribution in [0.1, 0.15) is 38.5 Å². The van der Waals surface area contributed by atoms with Crippen LogP contribution >= 0.6 is 27.0 Å². The smallest absolute Gasteiger partial charge is 0.324 e. The Bertz CT molecular complexity index is 591. The number of rotatable bonds is 12. The summed E-state index contributed by atoms with van der Waals surface area (Å²) >= 11 is 1.79. The van der Waals surface area contributed by atoms with E-state index in [9.17, 15) is 18.9 Å². The van der Waals surface area contributed by atoms with E-state index in [-0.39, 0.29) is 6.42 Å². The van der Waals surface area contributed by atoms with Gasteiger partial charge >= 0.3 is 15.2 Å². The molecule has 144 valence electrons. The van der Waals surface area contributed by atoms with E-state index in [0.29, 0.717) is 6.42 Å². The molecule has 7 nitrogen and oxygen atoms in total. The van der Waals surface area contributed by atoms with Gasteiger partial charge in [-0.25, -0.2) is 0 Å². The van der Waals surface area contributed by atoms with Gasteiger partial charge in [0.2, 0.25) is 0 Å². The van der Waals surface area contributed by atoms with Crippen LogP contribution in [0.5, 0.6) is 0 Å². The van der Waals surface area contributed by atoms with E-state index in [1.54, 1.807) is 11.8 Å². The first kappa shape index (κ1) is 22.9. The van der Waals surface area contributed by atoms with Crippen molar-refractivity contribution in [1.29, 1.82) is 0 Å². The average Bonchev–Trinajstić information content (AvgIpc) is 2.51. The minimum absolute atomic E-state index is 0.00925. The first-order valence-electron chi connectivity index (χ1n) is 8.16. The van der Waals surface area contributed by atoms with Gasteiger partial charge in [-0.3, -0.25) is 9.13 Å². The lowest BCUT2D eigenvalue weighted by atomic mass is 10.1. The molecule has 0 aliphatic rings. The van der Waals surface area contributed by atoms with E-state index < -0.39 is 26.6 Å². The molecule has 0 saturated carbocycles. The van der Waals surface area contributed by atoms with Gasteiger partial charge < -0.3 is 25.3 Å². The fourth-order valence-corrected chi connectivity index (χ4v) is 5.94. The lowest BCUT2D eigenvalue weighted by Crippen LogP contribution is -2.34. The Labute approximate surface area is 152 Å². The van der Waals surface area contributed by atoms with Gasteiger partial charge in [-0.1, -0.05) is 43.9 Å². The minimum Gasteiger partial charge on any atom is -0.324 e. The molecular weight excluding hydrogens is 384 g/mol. The Hall–Kier alpha value is -0.170. The summed E-state index contributed by atoms with van der Waals surface area (Å²) in [4.78, 5) is 37.9. The number of thioether (sulfide) groups is 1. The highest BCUT2D eigenvalue weighted by atomic mass is 32.2. The van der Waals surface area contributed by atoms with Gasteiger partial charge in [-0.15, -0.1) is 11.8 Å². The first-order chi connectivity index (χ1) is 11.6. The zero-order valence-corrected chi connectivity index (χ0v) is 16.6. The fourth-order valence-electron chi connectivity index (χ4n) is 2.45. The molecule has 0 fully saturated rings. The summed E-state index contributed by atoms with van der Waals surface area (Å²) in [5.41, 5.74) is 3.86. The van der Waals surface area contributed by atoms with Gasteiger partial charge in [0, 0.05) is 4.90 Å². The zero-order chi connectivity index (χ0) is 18.9. The normalized spacial score (nSPS) is 15.1. The number of nitrogens with two attached hydrogens (primary N) is 1. The summed E-state index contributed by atoms with van der Waals surface area (Å²) in [6.45, 7) is 0. The van der Waals surface area contributed by atoms with Crippen LogP contribution in [0.15, 0.2) is 35.2 Å². The van der Waals surface area contributed by atoms with Gasteiger partial charge in [0.1, 0.15) is 5.78 Å². The lowest BCUT2D eigenvalue weighted by Gasteiger charge is -2.25. The van der Waals surface area contributed by atoms with Crippen molar-refractivity contribution in [3.05, 3.63) is 30.3 Å². The van der Waals surface area contributed by atoms with Crippen LogP contribution in [0.25, 0.3) is 0 Å². The van der Waals surface area contributed by atoms with Crippen molar-refractivity contribution in [2.45, 2.75) is 54.9 Å². The molecule has 10 heteroatoms. The summed E-state index contributed by atoms with van der Waals surface area (Å²) in [5, 5.41) is 0. The monoisotopic (exact) mass is 411 g/mol. The molecule has 0 amide bonds. The second kappa shape index (κ2) is 10.9. The maximum atomic E-state index is 11.4. The predicted molar refractivity (Wildman–Crippen MR) is 101 cm³/mol.